The molecule has 1 aliphatic carbocycles. The minimum absolute atomic E-state index is 0.150. The second-order valence-corrected chi connectivity index (χ2v) is 7.69. The van der Waals surface area contributed by atoms with Crippen LogP contribution in [0.3, 0.4) is 0 Å². The summed E-state index contributed by atoms with van der Waals surface area (Å²) in [5.41, 5.74) is 2.59. The van der Waals surface area contributed by atoms with E-state index in [0.29, 0.717) is 22.6 Å². The summed E-state index contributed by atoms with van der Waals surface area (Å²) in [5, 5.41) is 19.9. The molecule has 0 unspecified atom stereocenters. The largest absolute Gasteiger partial charge is 0.327 e. The summed E-state index contributed by atoms with van der Waals surface area (Å²) in [7, 11) is 0. The highest BCUT2D eigenvalue weighted by Gasteiger charge is 2.25. The topological polar surface area (TPSA) is 99.4 Å². The van der Waals surface area contributed by atoms with Gasteiger partial charge in [-0.2, -0.15) is 5.26 Å². The lowest BCUT2D eigenvalue weighted by molar-refractivity contribution is -0.113. The maximum atomic E-state index is 12.5. The molecule has 0 saturated heterocycles. The molecule has 1 saturated carbocycles. The Labute approximate surface area is 157 Å². The lowest BCUT2D eigenvalue weighted by Crippen LogP contribution is -2.21. The number of amides is 1. The van der Waals surface area contributed by atoms with Gasteiger partial charge in [-0.05, 0) is 39.2 Å². The van der Waals surface area contributed by atoms with Crippen molar-refractivity contribution in [2.24, 2.45) is 0 Å². The van der Waals surface area contributed by atoms with E-state index in [1.54, 1.807) is 0 Å². The number of aryl methyl sites for hydroxylation is 1. The van der Waals surface area contributed by atoms with Gasteiger partial charge in [-0.15, -0.1) is 5.10 Å². The van der Waals surface area contributed by atoms with Gasteiger partial charge in [0.05, 0.1) is 11.3 Å². The molecule has 1 amide bonds. The molecule has 3 rings (SSSR count). The number of aromatic nitrogens is 4. The average Bonchev–Trinajstić information content (AvgIpc) is 3.15. The molecule has 0 aliphatic heterocycles. The third kappa shape index (κ3) is 3.78. The van der Waals surface area contributed by atoms with Crippen LogP contribution in [-0.2, 0) is 4.79 Å². The predicted molar refractivity (Wildman–Crippen MR) is 101 cm³/mol. The van der Waals surface area contributed by atoms with Gasteiger partial charge >= 0.3 is 0 Å². The zero-order valence-corrected chi connectivity index (χ0v) is 16.2. The Morgan fingerprint density at radius 2 is 2.08 bits per heavy atom. The molecule has 7 nitrogen and oxygen atoms in total. The van der Waals surface area contributed by atoms with Crippen LogP contribution in [0.4, 0.5) is 5.82 Å². The first-order valence-corrected chi connectivity index (χ1v) is 9.93. The van der Waals surface area contributed by atoms with Crippen molar-refractivity contribution in [2.45, 2.75) is 64.1 Å². The summed E-state index contributed by atoms with van der Waals surface area (Å²) < 4.78 is 2.17. The minimum Gasteiger partial charge on any atom is -0.327 e. The Balaban J connectivity index is 1.80. The van der Waals surface area contributed by atoms with Crippen molar-refractivity contribution in [1.82, 2.24) is 19.7 Å². The highest BCUT2D eigenvalue weighted by molar-refractivity contribution is 7.99. The minimum atomic E-state index is -0.150. The van der Waals surface area contributed by atoms with Gasteiger partial charge in [0.15, 0.2) is 0 Å². The molecule has 0 aromatic carbocycles. The van der Waals surface area contributed by atoms with Gasteiger partial charge in [-0.1, -0.05) is 31.0 Å². The van der Waals surface area contributed by atoms with Gasteiger partial charge < -0.3 is 9.88 Å². The number of nitrogens with zero attached hydrogens (tertiary/aromatic N) is 4. The van der Waals surface area contributed by atoms with Crippen molar-refractivity contribution >= 4 is 23.5 Å². The normalized spacial score (nSPS) is 15.0. The summed E-state index contributed by atoms with van der Waals surface area (Å²) in [5.74, 6) is 1.42. The van der Waals surface area contributed by atoms with Gasteiger partial charge in [0.2, 0.25) is 11.1 Å². The zero-order valence-electron chi connectivity index (χ0n) is 15.4. The molecular formula is C18H24N6OS. The molecule has 0 radical (unpaired) electrons. The summed E-state index contributed by atoms with van der Waals surface area (Å²) in [6.45, 7) is 5.80. The number of nitrogens with one attached hydrogen (secondary N) is 2. The fraction of sp³-hybridized carbons (Fsp3) is 0.556. The Kier molecular flexibility index (Phi) is 5.67. The number of carbonyl (C=O) groups excluding carboxylic acids is 1. The summed E-state index contributed by atoms with van der Waals surface area (Å²) in [6, 6.07) is 2.62. The van der Waals surface area contributed by atoms with Crippen molar-refractivity contribution in [2.75, 3.05) is 11.1 Å². The molecule has 26 heavy (non-hydrogen) atoms. The summed E-state index contributed by atoms with van der Waals surface area (Å²) in [4.78, 5) is 16.7. The molecule has 0 atom stereocenters. The van der Waals surface area contributed by atoms with Crippen LogP contribution in [0.15, 0.2) is 5.16 Å². The van der Waals surface area contributed by atoms with E-state index in [0.717, 1.165) is 29.9 Å². The average molecular weight is 372 g/mol. The van der Waals surface area contributed by atoms with Crippen LogP contribution in [0, 0.1) is 32.1 Å². The molecule has 2 N–H and O–H groups in total. The van der Waals surface area contributed by atoms with Crippen molar-refractivity contribution in [1.29, 1.82) is 5.26 Å². The van der Waals surface area contributed by atoms with E-state index in [4.69, 9.17) is 0 Å². The standard InChI is InChI=1S/C18H24N6OS/c1-11-12(2)24(14-7-5-4-6-8-14)17(15(11)9-19)21-16(25)10-26-18-20-13(3)22-23-18/h14H,4-8,10H2,1-3H3,(H,21,25)(H,20,22,23). The van der Waals surface area contributed by atoms with Gasteiger partial charge in [0, 0.05) is 11.7 Å². The zero-order chi connectivity index (χ0) is 18.7. The second-order valence-electron chi connectivity index (χ2n) is 6.75. The number of nitriles is 1. The van der Waals surface area contributed by atoms with Crippen LogP contribution in [0.25, 0.3) is 0 Å². The maximum Gasteiger partial charge on any atom is 0.235 e. The SMILES string of the molecule is Cc1nc(SCC(=O)Nc2c(C#N)c(C)c(C)n2C2CCCCC2)n[nH]1. The molecule has 2 aromatic heterocycles. The molecule has 138 valence electrons. The number of thioether (sulfide) groups is 1. The van der Waals surface area contributed by atoms with E-state index in [2.05, 4.69) is 31.1 Å². The van der Waals surface area contributed by atoms with Crippen LogP contribution in [-0.4, -0.2) is 31.4 Å². The number of aromatic amines is 1. The molecule has 8 heteroatoms. The van der Waals surface area contributed by atoms with E-state index < -0.39 is 0 Å². The fourth-order valence-corrected chi connectivity index (χ4v) is 4.21. The molecule has 0 spiro atoms. The predicted octanol–water partition coefficient (Wildman–Crippen LogP) is 3.64. The molecule has 1 fully saturated rings. The van der Waals surface area contributed by atoms with E-state index in [9.17, 15) is 10.1 Å². The maximum absolute atomic E-state index is 12.5. The van der Waals surface area contributed by atoms with Gasteiger partial charge in [0.1, 0.15) is 17.7 Å². The molecule has 0 bridgehead atoms. The van der Waals surface area contributed by atoms with Crippen molar-refractivity contribution in [3.05, 3.63) is 22.6 Å². The Morgan fingerprint density at radius 1 is 1.35 bits per heavy atom. The van der Waals surface area contributed by atoms with Gasteiger partial charge in [-0.3, -0.25) is 9.89 Å². The molecule has 2 aromatic rings. The third-order valence-corrected chi connectivity index (χ3v) is 5.82. The Hall–Kier alpha value is -2.27. The highest BCUT2D eigenvalue weighted by atomic mass is 32.2. The van der Waals surface area contributed by atoms with Crippen molar-refractivity contribution in [3.63, 3.8) is 0 Å². The molecule has 2 heterocycles. The van der Waals surface area contributed by atoms with Crippen molar-refractivity contribution < 1.29 is 4.79 Å². The van der Waals surface area contributed by atoms with Gasteiger partial charge in [-0.25, -0.2) is 4.98 Å². The lowest BCUT2D eigenvalue weighted by atomic mass is 9.95. The second kappa shape index (κ2) is 7.96. The number of hydrogen-bond donors (Lipinski definition) is 2. The van der Waals surface area contributed by atoms with E-state index in [-0.39, 0.29) is 11.7 Å². The van der Waals surface area contributed by atoms with E-state index in [1.165, 1.54) is 31.0 Å². The van der Waals surface area contributed by atoms with Gasteiger partial charge in [0.25, 0.3) is 0 Å². The van der Waals surface area contributed by atoms with Crippen molar-refractivity contribution in [3.8, 4) is 6.07 Å². The fourth-order valence-electron chi connectivity index (χ4n) is 3.57. The first-order chi connectivity index (χ1) is 12.5. The van der Waals surface area contributed by atoms with Crippen LogP contribution in [0.1, 0.15) is 60.8 Å². The molecule has 1 aliphatic rings. The number of rotatable bonds is 5. The number of H-pyrrole nitrogens is 1. The van der Waals surface area contributed by atoms with Crippen LogP contribution in [0.2, 0.25) is 0 Å². The monoisotopic (exact) mass is 372 g/mol. The summed E-state index contributed by atoms with van der Waals surface area (Å²) >= 11 is 1.28. The van der Waals surface area contributed by atoms with Crippen LogP contribution >= 0.6 is 11.8 Å². The third-order valence-electron chi connectivity index (χ3n) is 4.98. The van der Waals surface area contributed by atoms with E-state index in [1.807, 2.05) is 20.8 Å². The first kappa shape index (κ1) is 18.5. The number of hydrogen-bond acceptors (Lipinski definition) is 5. The summed E-state index contributed by atoms with van der Waals surface area (Å²) in [6.07, 6.45) is 5.82. The Bertz CT molecular complexity index is 841. The van der Waals surface area contributed by atoms with E-state index >= 15 is 0 Å². The number of anilines is 1. The highest BCUT2D eigenvalue weighted by Crippen LogP contribution is 2.36. The Morgan fingerprint density at radius 3 is 2.69 bits per heavy atom. The lowest BCUT2D eigenvalue weighted by Gasteiger charge is -2.27. The first-order valence-electron chi connectivity index (χ1n) is 8.94. The number of carbonyl (C=O) groups is 1. The quantitative estimate of drug-likeness (QED) is 0.781. The van der Waals surface area contributed by atoms with Crippen LogP contribution in [0.5, 0.6) is 0 Å². The smallest absolute Gasteiger partial charge is 0.235 e. The molecular weight excluding hydrogens is 348 g/mol. The van der Waals surface area contributed by atoms with Crippen LogP contribution < -0.4 is 5.32 Å².